The van der Waals surface area contributed by atoms with E-state index < -0.39 is 30.0 Å². The molecule has 0 saturated heterocycles. The first-order valence-electron chi connectivity index (χ1n) is 8.85. The summed E-state index contributed by atoms with van der Waals surface area (Å²) in [4.78, 5) is 43.4. The number of Topliss-reactive ketones (excluding diaryl/α,β-unsaturated/α-hetero) is 1. The highest BCUT2D eigenvalue weighted by Gasteiger charge is 2.49. The molecule has 0 N–H and O–H groups in total. The average molecular weight is 406 g/mol. The van der Waals surface area contributed by atoms with E-state index in [1.807, 2.05) is 0 Å². The number of carbonyl (C=O) groups excluding carboxylic acids is 3. The van der Waals surface area contributed by atoms with Crippen LogP contribution in [0.25, 0.3) is 0 Å². The Morgan fingerprint density at radius 1 is 1.25 bits per heavy atom. The number of halogens is 1. The van der Waals surface area contributed by atoms with E-state index in [0.717, 1.165) is 0 Å². The van der Waals surface area contributed by atoms with Crippen molar-refractivity contribution in [2.45, 2.75) is 32.4 Å². The lowest BCUT2D eigenvalue weighted by molar-refractivity contribution is -0.149. The Bertz CT molecular complexity index is 926. The summed E-state index contributed by atoms with van der Waals surface area (Å²) in [5.41, 5.74) is 0.874. The van der Waals surface area contributed by atoms with Crippen molar-refractivity contribution in [1.82, 2.24) is 9.55 Å². The van der Waals surface area contributed by atoms with E-state index in [-0.39, 0.29) is 18.9 Å². The van der Waals surface area contributed by atoms with Gasteiger partial charge >= 0.3 is 12.1 Å². The van der Waals surface area contributed by atoms with Crippen LogP contribution in [0, 0.1) is 0 Å². The number of hydrogen-bond acceptors (Lipinski definition) is 6. The Morgan fingerprint density at radius 2 is 2.00 bits per heavy atom. The quantitative estimate of drug-likeness (QED) is 0.560. The van der Waals surface area contributed by atoms with Gasteiger partial charge in [-0.2, -0.15) is 0 Å². The van der Waals surface area contributed by atoms with Crippen molar-refractivity contribution in [3.8, 4) is 0 Å². The first kappa shape index (κ1) is 19.9. The van der Waals surface area contributed by atoms with Crippen molar-refractivity contribution >= 4 is 35.1 Å². The van der Waals surface area contributed by atoms with Gasteiger partial charge in [0, 0.05) is 36.4 Å². The fourth-order valence-electron chi connectivity index (χ4n) is 3.17. The number of anilines is 1. The molecule has 0 radical (unpaired) electrons. The van der Waals surface area contributed by atoms with Gasteiger partial charge in [0.15, 0.2) is 11.9 Å². The van der Waals surface area contributed by atoms with Gasteiger partial charge in [-0.3, -0.25) is 14.5 Å². The maximum atomic E-state index is 13.3. The smallest absolute Gasteiger partial charge is 0.415 e. The second-order valence-electron chi connectivity index (χ2n) is 6.21. The lowest BCUT2D eigenvalue weighted by Gasteiger charge is -2.26. The number of carbonyl (C=O) groups is 3. The van der Waals surface area contributed by atoms with Crippen LogP contribution in [0.4, 0.5) is 10.5 Å². The standard InChI is InChI=1S/C19H20ClN3O5/c1-4-14(24)28-17-12-7-6-11(20)10-13(12)23(19(26)27-5-2)15(17)16(25)18-21-8-9-22(18)3/h6-10,15,17H,4-5H2,1-3H3. The van der Waals surface area contributed by atoms with E-state index in [9.17, 15) is 14.4 Å². The second-order valence-corrected chi connectivity index (χ2v) is 6.64. The predicted octanol–water partition coefficient (Wildman–Crippen LogP) is 3.30. The van der Waals surface area contributed by atoms with Gasteiger partial charge in [0.25, 0.3) is 0 Å². The molecule has 1 aromatic carbocycles. The first-order valence-corrected chi connectivity index (χ1v) is 9.23. The Labute approximate surface area is 167 Å². The molecule has 1 amide bonds. The summed E-state index contributed by atoms with van der Waals surface area (Å²) in [6.07, 6.45) is 1.51. The van der Waals surface area contributed by atoms with Gasteiger partial charge in [0.1, 0.15) is 6.04 Å². The van der Waals surface area contributed by atoms with Crippen molar-refractivity contribution in [3.63, 3.8) is 0 Å². The molecule has 9 heteroatoms. The molecule has 2 heterocycles. The third-order valence-electron chi connectivity index (χ3n) is 4.45. The van der Waals surface area contributed by atoms with E-state index in [0.29, 0.717) is 16.3 Å². The summed E-state index contributed by atoms with van der Waals surface area (Å²) in [5, 5.41) is 0.374. The number of ketones is 1. The van der Waals surface area contributed by atoms with Crippen molar-refractivity contribution in [2.24, 2.45) is 7.05 Å². The highest BCUT2D eigenvalue weighted by molar-refractivity contribution is 6.31. The minimum atomic E-state index is -1.15. The zero-order valence-corrected chi connectivity index (χ0v) is 16.5. The maximum Gasteiger partial charge on any atom is 0.415 e. The van der Waals surface area contributed by atoms with E-state index in [1.165, 1.54) is 11.1 Å². The molecule has 0 spiro atoms. The summed E-state index contributed by atoms with van der Waals surface area (Å²) in [5.74, 6) is -0.827. The Hall–Kier alpha value is -2.87. The van der Waals surface area contributed by atoms with Crippen LogP contribution in [-0.4, -0.2) is 40.0 Å². The Kier molecular flexibility index (Phi) is 5.69. The first-order chi connectivity index (χ1) is 13.4. The van der Waals surface area contributed by atoms with Crippen LogP contribution in [0.2, 0.25) is 5.02 Å². The van der Waals surface area contributed by atoms with Crippen molar-refractivity contribution in [1.29, 1.82) is 0 Å². The number of imidazole rings is 1. The lowest BCUT2D eigenvalue weighted by Crippen LogP contribution is -2.46. The van der Waals surface area contributed by atoms with E-state index >= 15 is 0 Å². The molecule has 0 saturated carbocycles. The minimum Gasteiger partial charge on any atom is -0.455 e. The molecule has 1 aliphatic heterocycles. The molecule has 2 atom stereocenters. The van der Waals surface area contributed by atoms with Crippen LogP contribution in [0.1, 0.15) is 42.6 Å². The average Bonchev–Trinajstić information content (AvgIpc) is 3.22. The number of aryl methyl sites for hydroxylation is 1. The number of ether oxygens (including phenoxy) is 2. The van der Waals surface area contributed by atoms with E-state index in [4.69, 9.17) is 21.1 Å². The SMILES string of the molecule is CCOC(=O)N1c2cc(Cl)ccc2C(OC(=O)CC)C1C(=O)c1nccn1C. The van der Waals surface area contributed by atoms with Crippen molar-refractivity contribution < 1.29 is 23.9 Å². The van der Waals surface area contributed by atoms with E-state index in [1.54, 1.807) is 49.9 Å². The van der Waals surface area contributed by atoms with Gasteiger partial charge in [-0.25, -0.2) is 9.78 Å². The van der Waals surface area contributed by atoms with Gasteiger partial charge in [-0.15, -0.1) is 0 Å². The molecule has 2 unspecified atom stereocenters. The monoisotopic (exact) mass is 405 g/mol. The number of esters is 1. The second kappa shape index (κ2) is 8.02. The fourth-order valence-corrected chi connectivity index (χ4v) is 3.34. The molecule has 148 valence electrons. The lowest BCUT2D eigenvalue weighted by atomic mass is 10.0. The summed E-state index contributed by atoms with van der Waals surface area (Å²) in [7, 11) is 1.67. The maximum absolute atomic E-state index is 13.3. The molecule has 0 aliphatic carbocycles. The molecule has 2 aromatic rings. The Balaban J connectivity index is 2.15. The molecular formula is C19H20ClN3O5. The third-order valence-corrected chi connectivity index (χ3v) is 4.68. The molecule has 0 bridgehead atoms. The largest absolute Gasteiger partial charge is 0.455 e. The Morgan fingerprint density at radius 3 is 2.61 bits per heavy atom. The normalized spacial score (nSPS) is 17.9. The molecular weight excluding hydrogens is 386 g/mol. The van der Waals surface area contributed by atoms with Gasteiger partial charge in [-0.05, 0) is 19.1 Å². The number of hydrogen-bond donors (Lipinski definition) is 0. The van der Waals surface area contributed by atoms with Gasteiger partial charge in [0.05, 0.1) is 12.3 Å². The summed E-state index contributed by atoms with van der Waals surface area (Å²) in [6.45, 7) is 3.43. The minimum absolute atomic E-state index is 0.119. The number of fused-ring (bicyclic) bond motifs is 1. The summed E-state index contributed by atoms with van der Waals surface area (Å²) >= 11 is 6.12. The van der Waals surface area contributed by atoms with Crippen LogP contribution in [0.5, 0.6) is 0 Å². The molecule has 28 heavy (non-hydrogen) atoms. The number of benzene rings is 1. The van der Waals surface area contributed by atoms with Crippen molar-refractivity contribution in [3.05, 3.63) is 47.0 Å². The number of aromatic nitrogens is 2. The molecule has 3 rings (SSSR count). The molecule has 0 fully saturated rings. The predicted molar refractivity (Wildman–Crippen MR) is 101 cm³/mol. The number of rotatable bonds is 5. The van der Waals surface area contributed by atoms with Crippen LogP contribution in [-0.2, 0) is 21.3 Å². The van der Waals surface area contributed by atoms with Crippen LogP contribution < -0.4 is 4.90 Å². The highest BCUT2D eigenvalue weighted by atomic mass is 35.5. The van der Waals surface area contributed by atoms with Gasteiger partial charge in [-0.1, -0.05) is 24.6 Å². The summed E-state index contributed by atoms with van der Waals surface area (Å²) in [6, 6.07) is 3.66. The third kappa shape index (κ3) is 3.47. The zero-order valence-electron chi connectivity index (χ0n) is 15.7. The van der Waals surface area contributed by atoms with Gasteiger partial charge in [0.2, 0.25) is 5.78 Å². The van der Waals surface area contributed by atoms with Crippen LogP contribution >= 0.6 is 11.6 Å². The van der Waals surface area contributed by atoms with Crippen LogP contribution in [0.3, 0.4) is 0 Å². The summed E-state index contributed by atoms with van der Waals surface area (Å²) < 4.78 is 12.3. The highest BCUT2D eigenvalue weighted by Crippen LogP contribution is 2.44. The fraction of sp³-hybridized carbons (Fsp3) is 0.368. The number of nitrogens with zero attached hydrogens (tertiary/aromatic N) is 3. The molecule has 1 aliphatic rings. The van der Waals surface area contributed by atoms with Crippen LogP contribution in [0.15, 0.2) is 30.6 Å². The van der Waals surface area contributed by atoms with Crippen molar-refractivity contribution in [2.75, 3.05) is 11.5 Å². The molecule has 1 aromatic heterocycles. The molecule has 8 nitrogen and oxygen atoms in total. The van der Waals surface area contributed by atoms with Gasteiger partial charge < -0.3 is 14.0 Å². The zero-order chi connectivity index (χ0) is 20.4. The number of amides is 1. The topological polar surface area (TPSA) is 90.7 Å². The van der Waals surface area contributed by atoms with E-state index in [2.05, 4.69) is 4.98 Å².